The van der Waals surface area contributed by atoms with E-state index < -0.39 is 11.8 Å². The van der Waals surface area contributed by atoms with E-state index in [1.54, 1.807) is 18.2 Å². The number of hydrogen-bond donors (Lipinski definition) is 0. The Labute approximate surface area is 129 Å². The van der Waals surface area contributed by atoms with Crippen LogP contribution in [0.5, 0.6) is 0 Å². The van der Waals surface area contributed by atoms with E-state index >= 15 is 0 Å². The van der Waals surface area contributed by atoms with Gasteiger partial charge >= 0.3 is 11.8 Å². The molecule has 0 N–H and O–H groups in total. The van der Waals surface area contributed by atoms with Crippen LogP contribution >= 0.6 is 11.6 Å². The maximum Gasteiger partial charge on any atom is 0.442 e. The summed E-state index contributed by atoms with van der Waals surface area (Å²) in [5, 5.41) is 6.69. The average molecular weight is 323 g/mol. The van der Waals surface area contributed by atoms with Crippen LogP contribution in [-0.4, -0.2) is 6.18 Å². The highest BCUT2D eigenvalue weighted by Gasteiger charge is 2.65. The topological polar surface area (TPSA) is 24.7 Å². The molecule has 22 heavy (non-hydrogen) atoms. The molecule has 0 fully saturated rings. The molecule has 0 unspecified atom stereocenters. The van der Waals surface area contributed by atoms with Crippen LogP contribution in [0.3, 0.4) is 0 Å². The molecule has 3 rings (SSSR count). The molecule has 1 heterocycles. The molecule has 6 heteroatoms. The molecule has 2 aromatic rings. The first-order valence-electron chi connectivity index (χ1n) is 6.46. The van der Waals surface area contributed by atoms with Gasteiger partial charge in [0.15, 0.2) is 0 Å². The van der Waals surface area contributed by atoms with Crippen molar-refractivity contribution in [1.29, 1.82) is 0 Å². The van der Waals surface area contributed by atoms with Crippen LogP contribution in [0.25, 0.3) is 12.2 Å². The first-order chi connectivity index (χ1) is 10.4. The summed E-state index contributed by atoms with van der Waals surface area (Å²) < 4.78 is 39.6. The van der Waals surface area contributed by atoms with Gasteiger partial charge in [-0.2, -0.15) is 13.2 Å². The van der Waals surface area contributed by atoms with E-state index in [1.807, 2.05) is 30.3 Å². The van der Waals surface area contributed by atoms with Crippen LogP contribution in [-0.2, 0) is 5.66 Å². The first kappa shape index (κ1) is 14.8. The second kappa shape index (κ2) is 5.25. The van der Waals surface area contributed by atoms with Crippen molar-refractivity contribution in [3.05, 3.63) is 70.2 Å². The van der Waals surface area contributed by atoms with Gasteiger partial charge in [-0.15, -0.1) is 10.2 Å². The van der Waals surface area contributed by atoms with Crippen LogP contribution in [0.1, 0.15) is 16.7 Å². The van der Waals surface area contributed by atoms with E-state index in [2.05, 4.69) is 10.2 Å². The number of rotatable bonds is 3. The summed E-state index contributed by atoms with van der Waals surface area (Å²) >= 11 is 5.84. The minimum absolute atomic E-state index is 0.0559. The van der Waals surface area contributed by atoms with E-state index in [0.717, 1.165) is 5.56 Å². The minimum Gasteiger partial charge on any atom is -0.166 e. The number of nitrogens with zero attached hydrogens (tertiary/aromatic N) is 2. The van der Waals surface area contributed by atoms with Gasteiger partial charge in [0.05, 0.1) is 0 Å². The molecule has 2 aromatic carbocycles. The molecule has 0 bridgehead atoms. The molecule has 0 aliphatic carbocycles. The molecule has 0 atom stereocenters. The molecule has 1 aliphatic heterocycles. The summed E-state index contributed by atoms with van der Waals surface area (Å²) in [6.07, 6.45) is -1.23. The van der Waals surface area contributed by atoms with Gasteiger partial charge in [-0.25, -0.2) is 0 Å². The number of alkyl halides is 3. The third-order valence-corrected chi connectivity index (χ3v) is 3.58. The van der Waals surface area contributed by atoms with Crippen LogP contribution in [0.15, 0.2) is 58.8 Å². The smallest absolute Gasteiger partial charge is 0.166 e. The van der Waals surface area contributed by atoms with E-state index in [9.17, 15) is 13.2 Å². The molecule has 2 nitrogen and oxygen atoms in total. The Bertz CT molecular complexity index is 746. The van der Waals surface area contributed by atoms with E-state index in [1.165, 1.54) is 12.1 Å². The van der Waals surface area contributed by atoms with Gasteiger partial charge in [-0.1, -0.05) is 60.2 Å². The lowest BCUT2D eigenvalue weighted by Crippen LogP contribution is -2.30. The van der Waals surface area contributed by atoms with Gasteiger partial charge in [-0.3, -0.25) is 0 Å². The molecular formula is C16H10ClF3N2. The fourth-order valence-corrected chi connectivity index (χ4v) is 2.32. The molecule has 0 spiro atoms. The standard InChI is InChI=1S/C16H10ClF3N2/c17-13-9-8-12(7-6-11-4-2-1-3-5-11)14(10-13)15(21-22-15)16(18,19)20/h1-10H. The van der Waals surface area contributed by atoms with Crippen molar-refractivity contribution in [3.8, 4) is 0 Å². The normalized spacial score (nSPS) is 16.2. The SMILES string of the molecule is FC(F)(F)C1(c2cc(Cl)ccc2C=Cc2ccccc2)N=N1. The lowest BCUT2D eigenvalue weighted by Gasteiger charge is -2.17. The van der Waals surface area contributed by atoms with Crippen LogP contribution in [0.4, 0.5) is 13.2 Å². The lowest BCUT2D eigenvalue weighted by atomic mass is 9.96. The monoisotopic (exact) mass is 322 g/mol. The Kier molecular flexibility index (Phi) is 3.53. The molecular weight excluding hydrogens is 313 g/mol. The van der Waals surface area contributed by atoms with E-state index in [-0.39, 0.29) is 10.6 Å². The maximum absolute atomic E-state index is 13.2. The lowest BCUT2D eigenvalue weighted by molar-refractivity contribution is -0.166. The highest BCUT2D eigenvalue weighted by Crippen LogP contribution is 2.53. The zero-order chi connectivity index (χ0) is 15.8. The van der Waals surface area contributed by atoms with Crippen molar-refractivity contribution in [3.63, 3.8) is 0 Å². The van der Waals surface area contributed by atoms with E-state index in [4.69, 9.17) is 11.6 Å². The summed E-state index contributed by atoms with van der Waals surface area (Å²) in [5.74, 6) is 0. The number of hydrogen-bond acceptors (Lipinski definition) is 2. The first-order valence-corrected chi connectivity index (χ1v) is 6.84. The predicted molar refractivity (Wildman–Crippen MR) is 79.4 cm³/mol. The highest BCUT2D eigenvalue weighted by molar-refractivity contribution is 6.30. The summed E-state index contributed by atoms with van der Waals surface area (Å²) in [4.78, 5) is 0. The third kappa shape index (κ3) is 2.64. The predicted octanol–water partition coefficient (Wildman–Crippen LogP) is 5.69. The Hall–Kier alpha value is -2.14. The number of benzene rings is 2. The fourth-order valence-electron chi connectivity index (χ4n) is 2.15. The van der Waals surface area contributed by atoms with Crippen molar-refractivity contribution in [2.75, 3.05) is 0 Å². The van der Waals surface area contributed by atoms with Crippen molar-refractivity contribution in [2.24, 2.45) is 10.2 Å². The Balaban J connectivity index is 2.01. The fraction of sp³-hybridized carbons (Fsp3) is 0.125. The van der Waals surface area contributed by atoms with Crippen LogP contribution in [0.2, 0.25) is 5.02 Å². The van der Waals surface area contributed by atoms with Gasteiger partial charge in [0.2, 0.25) is 0 Å². The Morgan fingerprint density at radius 2 is 1.64 bits per heavy atom. The molecule has 1 aliphatic rings. The highest BCUT2D eigenvalue weighted by atomic mass is 35.5. The number of halogens is 4. The molecule has 112 valence electrons. The van der Waals surface area contributed by atoms with Gasteiger partial charge < -0.3 is 0 Å². The quantitative estimate of drug-likeness (QED) is 0.648. The van der Waals surface area contributed by atoms with Crippen molar-refractivity contribution < 1.29 is 13.2 Å². The average Bonchev–Trinajstić information content (AvgIpc) is 3.28. The molecule has 0 saturated heterocycles. The van der Waals surface area contributed by atoms with Crippen molar-refractivity contribution >= 4 is 23.8 Å². The van der Waals surface area contributed by atoms with Gasteiger partial charge in [0.25, 0.3) is 0 Å². The van der Waals surface area contributed by atoms with E-state index in [0.29, 0.717) is 5.56 Å². The Morgan fingerprint density at radius 3 is 2.23 bits per heavy atom. The molecule has 0 saturated carbocycles. The van der Waals surface area contributed by atoms with Crippen molar-refractivity contribution in [1.82, 2.24) is 0 Å². The summed E-state index contributed by atoms with van der Waals surface area (Å²) in [6.45, 7) is 0. The molecule has 0 aromatic heterocycles. The van der Waals surface area contributed by atoms with Gasteiger partial charge in [0, 0.05) is 10.6 Å². The van der Waals surface area contributed by atoms with Gasteiger partial charge in [0.1, 0.15) is 0 Å². The van der Waals surface area contributed by atoms with Crippen molar-refractivity contribution in [2.45, 2.75) is 11.8 Å². The largest absolute Gasteiger partial charge is 0.442 e. The van der Waals surface area contributed by atoms with Gasteiger partial charge in [-0.05, 0) is 23.3 Å². The molecule has 0 amide bonds. The summed E-state index contributed by atoms with van der Waals surface area (Å²) in [7, 11) is 0. The second-order valence-electron chi connectivity index (χ2n) is 4.85. The summed E-state index contributed by atoms with van der Waals surface area (Å²) in [5.41, 5.74) is -1.27. The van der Waals surface area contributed by atoms with Crippen LogP contribution < -0.4 is 0 Å². The molecule has 0 radical (unpaired) electrons. The zero-order valence-electron chi connectivity index (χ0n) is 11.2. The zero-order valence-corrected chi connectivity index (χ0v) is 11.9. The summed E-state index contributed by atoms with van der Waals surface area (Å²) in [6, 6.07) is 13.6. The minimum atomic E-state index is -4.58. The third-order valence-electron chi connectivity index (χ3n) is 3.34. The maximum atomic E-state index is 13.2. The Morgan fingerprint density at radius 1 is 0.955 bits per heavy atom. The van der Waals surface area contributed by atoms with Crippen LogP contribution in [0, 0.1) is 0 Å². The second-order valence-corrected chi connectivity index (χ2v) is 5.28.